The number of rotatable bonds is 11. The van der Waals surface area contributed by atoms with E-state index >= 15 is 0 Å². The van der Waals surface area contributed by atoms with Crippen LogP contribution < -0.4 is 5.32 Å². The van der Waals surface area contributed by atoms with Gasteiger partial charge in [-0.25, -0.2) is 8.78 Å². The number of hydrogen-bond acceptors (Lipinski definition) is 9. The molecule has 1 unspecified atom stereocenters. The van der Waals surface area contributed by atoms with Crippen molar-refractivity contribution in [3.8, 4) is 0 Å². The quantitative estimate of drug-likeness (QED) is 0.124. The zero-order valence-corrected chi connectivity index (χ0v) is 27.4. The van der Waals surface area contributed by atoms with Gasteiger partial charge in [-0.1, -0.05) is 11.6 Å². The highest BCUT2D eigenvalue weighted by molar-refractivity contribution is 7.55. The van der Waals surface area contributed by atoms with E-state index in [9.17, 15) is 27.7 Å². The molecule has 3 aromatic rings. The molecule has 3 rings (SSSR count). The van der Waals surface area contributed by atoms with Gasteiger partial charge < -0.3 is 14.8 Å². The Morgan fingerprint density at radius 1 is 0.955 bits per heavy atom. The number of benzene rings is 2. The Kier molecular flexibility index (Phi) is 11.5. The maximum atomic E-state index is 14.5. The molecule has 0 fully saturated rings. The highest BCUT2D eigenvalue weighted by atomic mass is 35.5. The fraction of sp³-hybridized carbons (Fsp3) is 0.367. The molecule has 0 aliphatic rings. The first-order valence-electron chi connectivity index (χ1n) is 13.2. The maximum Gasteiger partial charge on any atom is 0.353 e. The van der Waals surface area contributed by atoms with Crippen LogP contribution in [0.1, 0.15) is 58.3 Å². The number of halogens is 3. The largest absolute Gasteiger partial charge is 0.438 e. The molecule has 0 saturated carbocycles. The highest BCUT2D eigenvalue weighted by Crippen LogP contribution is 2.62. The summed E-state index contributed by atoms with van der Waals surface area (Å²) in [6.45, 7) is 7.87. The molecular formula is C30H33ClF2NO8PS. The van der Waals surface area contributed by atoms with Crippen LogP contribution in [0.25, 0.3) is 16.2 Å². The fourth-order valence-corrected chi connectivity index (χ4v) is 6.48. The molecule has 2 aromatic carbocycles. The van der Waals surface area contributed by atoms with Crippen molar-refractivity contribution in [1.82, 2.24) is 5.32 Å². The monoisotopic (exact) mass is 671 g/mol. The van der Waals surface area contributed by atoms with E-state index in [2.05, 4.69) is 5.32 Å². The number of amides is 1. The third-order valence-electron chi connectivity index (χ3n) is 5.94. The van der Waals surface area contributed by atoms with E-state index in [-0.39, 0.29) is 11.1 Å². The molecule has 0 spiro atoms. The van der Waals surface area contributed by atoms with E-state index in [1.165, 1.54) is 11.3 Å². The standard InChI is InChI=1S/C30H33ClF2NO8PS/c1-29(2,3)27(36)39-16-41-43(38,42-17-40-28(37)30(4,5)6)25(22-15-44-24-10-7-19(31)14-21(22)24)26(35)34-12-11-18-13-20(32)8-9-23(18)33/h7-15,25H,16-17H2,1-6H3,(H,34,35)/b12-11+. The Labute approximate surface area is 263 Å². The molecule has 1 N–H and O–H groups in total. The van der Waals surface area contributed by atoms with Crippen LogP contribution in [0.2, 0.25) is 5.02 Å². The summed E-state index contributed by atoms with van der Waals surface area (Å²) in [7, 11) is -4.71. The Balaban J connectivity index is 2.04. The summed E-state index contributed by atoms with van der Waals surface area (Å²) < 4.78 is 64.3. The molecule has 1 aromatic heterocycles. The number of nitrogens with one attached hydrogen (secondary N) is 1. The van der Waals surface area contributed by atoms with Gasteiger partial charge in [0.25, 0.3) is 0 Å². The zero-order valence-electron chi connectivity index (χ0n) is 24.9. The summed E-state index contributed by atoms with van der Waals surface area (Å²) >= 11 is 7.45. The Morgan fingerprint density at radius 2 is 1.55 bits per heavy atom. The van der Waals surface area contributed by atoms with Crippen molar-refractivity contribution in [1.29, 1.82) is 0 Å². The molecule has 238 valence electrons. The molecule has 0 aliphatic carbocycles. The van der Waals surface area contributed by atoms with E-state index in [0.717, 1.165) is 30.5 Å². The van der Waals surface area contributed by atoms with Gasteiger partial charge in [0.1, 0.15) is 11.6 Å². The molecule has 1 heterocycles. The molecule has 9 nitrogen and oxygen atoms in total. The summed E-state index contributed by atoms with van der Waals surface area (Å²) in [6.07, 6.45) is 2.15. The lowest BCUT2D eigenvalue weighted by molar-refractivity contribution is -0.162. The van der Waals surface area contributed by atoms with Crippen molar-refractivity contribution >= 4 is 64.5 Å². The van der Waals surface area contributed by atoms with Crippen LogP contribution in [-0.2, 0) is 37.5 Å². The lowest BCUT2D eigenvalue weighted by Crippen LogP contribution is -2.29. The van der Waals surface area contributed by atoms with Crippen LogP contribution in [0.15, 0.2) is 48.0 Å². The van der Waals surface area contributed by atoms with Gasteiger partial charge in [-0.15, -0.1) is 11.3 Å². The first-order valence-corrected chi connectivity index (χ1v) is 16.1. The summed E-state index contributed by atoms with van der Waals surface area (Å²) in [5, 5.41) is 4.75. The van der Waals surface area contributed by atoms with Gasteiger partial charge in [0.2, 0.25) is 19.5 Å². The second kappa shape index (κ2) is 14.3. The molecule has 1 atom stereocenters. The molecule has 0 bridgehead atoms. The predicted octanol–water partition coefficient (Wildman–Crippen LogP) is 7.98. The first-order chi connectivity index (χ1) is 20.4. The average Bonchev–Trinajstić information content (AvgIpc) is 3.31. The number of thiophene rings is 1. The lowest BCUT2D eigenvalue weighted by atomic mass is 9.98. The van der Waals surface area contributed by atoms with Gasteiger partial charge in [-0.2, -0.15) is 0 Å². The number of fused-ring (bicyclic) bond motifs is 1. The Hall–Kier alpha value is -3.15. The number of esters is 2. The van der Waals surface area contributed by atoms with Crippen LogP contribution >= 0.6 is 30.5 Å². The number of carbonyl (C=O) groups excluding carboxylic acids is 3. The number of hydrogen-bond donors (Lipinski definition) is 1. The van der Waals surface area contributed by atoms with E-state index in [4.69, 9.17) is 30.1 Å². The normalized spacial score (nSPS) is 13.2. The topological polar surface area (TPSA) is 117 Å². The van der Waals surface area contributed by atoms with Crippen LogP contribution in [0.5, 0.6) is 0 Å². The smallest absolute Gasteiger partial charge is 0.353 e. The van der Waals surface area contributed by atoms with Gasteiger partial charge in [0, 0.05) is 21.5 Å². The SMILES string of the molecule is CC(C)(C)C(=O)OCOP(=O)(OCOC(=O)C(C)(C)C)C(C(=O)N/C=C/c1cc(F)ccc1F)c1csc2ccc(Cl)cc12. The van der Waals surface area contributed by atoms with Crippen molar-refractivity contribution < 1.29 is 46.3 Å². The summed E-state index contributed by atoms with van der Waals surface area (Å²) in [4.78, 5) is 38.5. The predicted molar refractivity (Wildman–Crippen MR) is 164 cm³/mol. The van der Waals surface area contributed by atoms with Crippen LogP contribution in [-0.4, -0.2) is 31.4 Å². The molecule has 44 heavy (non-hydrogen) atoms. The Bertz CT molecular complexity index is 1580. The molecule has 1 amide bonds. The van der Waals surface area contributed by atoms with E-state index in [0.29, 0.717) is 15.1 Å². The second-order valence-corrected chi connectivity index (χ2v) is 15.1. The van der Waals surface area contributed by atoms with Crippen molar-refractivity contribution in [2.75, 3.05) is 13.6 Å². The first kappa shape index (κ1) is 35.3. The van der Waals surface area contributed by atoms with Crippen molar-refractivity contribution in [2.24, 2.45) is 10.8 Å². The number of ether oxygens (including phenoxy) is 2. The molecule has 0 radical (unpaired) electrons. The van der Waals surface area contributed by atoms with E-state index in [1.807, 2.05) is 0 Å². The summed E-state index contributed by atoms with van der Waals surface area (Å²) in [6, 6.07) is 7.70. The molecular weight excluding hydrogens is 639 g/mol. The third kappa shape index (κ3) is 9.18. The number of carbonyl (C=O) groups is 3. The maximum absolute atomic E-state index is 14.5. The second-order valence-electron chi connectivity index (χ2n) is 11.6. The van der Waals surface area contributed by atoms with Crippen LogP contribution in [0, 0.1) is 22.5 Å². The van der Waals surface area contributed by atoms with E-state index in [1.54, 1.807) is 65.1 Å². The van der Waals surface area contributed by atoms with Crippen LogP contribution in [0.4, 0.5) is 8.78 Å². The summed E-state index contributed by atoms with van der Waals surface area (Å²) in [5.41, 5.74) is -3.55. The van der Waals surface area contributed by atoms with Crippen LogP contribution in [0.3, 0.4) is 0 Å². The van der Waals surface area contributed by atoms with Gasteiger partial charge in [-0.05, 0) is 100 Å². The lowest BCUT2D eigenvalue weighted by Gasteiger charge is -2.27. The Morgan fingerprint density at radius 3 is 2.11 bits per heavy atom. The van der Waals surface area contributed by atoms with E-state index < -0.39 is 67.2 Å². The molecule has 0 aliphatic heterocycles. The van der Waals surface area contributed by atoms with Crippen molar-refractivity contribution in [3.05, 3.63) is 75.8 Å². The van der Waals surface area contributed by atoms with Gasteiger partial charge in [-0.3, -0.25) is 28.0 Å². The molecule has 14 heteroatoms. The zero-order chi connectivity index (χ0) is 32.9. The minimum atomic E-state index is -4.71. The van der Waals surface area contributed by atoms with Gasteiger partial charge >= 0.3 is 19.5 Å². The minimum absolute atomic E-state index is 0.159. The fourth-order valence-electron chi connectivity index (χ4n) is 3.55. The molecule has 0 saturated heterocycles. The van der Waals surface area contributed by atoms with Gasteiger partial charge in [0.05, 0.1) is 10.8 Å². The van der Waals surface area contributed by atoms with Crippen molar-refractivity contribution in [3.63, 3.8) is 0 Å². The average molecular weight is 672 g/mol. The summed E-state index contributed by atoms with van der Waals surface area (Å²) in [5.74, 6) is -3.75. The third-order valence-corrected chi connectivity index (χ3v) is 9.23. The minimum Gasteiger partial charge on any atom is -0.438 e. The highest BCUT2D eigenvalue weighted by Gasteiger charge is 2.45. The van der Waals surface area contributed by atoms with Crippen molar-refractivity contribution in [2.45, 2.75) is 47.2 Å². The van der Waals surface area contributed by atoms with Gasteiger partial charge in [0.15, 0.2) is 5.66 Å².